The highest BCUT2D eigenvalue weighted by Crippen LogP contribution is 2.42. The molecule has 2 heterocycles. The number of fused-ring (bicyclic) bond motifs is 3. The van der Waals surface area contributed by atoms with E-state index in [9.17, 15) is 5.11 Å². The molecule has 1 aliphatic carbocycles. The molecule has 0 spiro atoms. The van der Waals surface area contributed by atoms with Crippen LogP contribution in [0.3, 0.4) is 0 Å². The van der Waals surface area contributed by atoms with E-state index in [4.69, 9.17) is 4.74 Å². The molecule has 2 aliphatic rings. The van der Waals surface area contributed by atoms with Crippen molar-refractivity contribution in [1.82, 2.24) is 9.47 Å². The fraction of sp³-hybridized carbons (Fsp3) is 0.500. The minimum atomic E-state index is -0.501. The lowest BCUT2D eigenvalue weighted by Crippen LogP contribution is -2.44. The summed E-state index contributed by atoms with van der Waals surface area (Å²) in [6.07, 6.45) is 3.06. The average Bonchev–Trinajstić information content (AvgIpc) is 3.08. The van der Waals surface area contributed by atoms with Crippen molar-refractivity contribution < 1.29 is 9.84 Å². The summed E-state index contributed by atoms with van der Waals surface area (Å²) in [5.74, 6) is 1.31. The third-order valence-corrected chi connectivity index (χ3v) is 7.31. The van der Waals surface area contributed by atoms with E-state index in [1.54, 1.807) is 0 Å². The minimum Gasteiger partial charge on any atom is -0.491 e. The molecule has 3 aromatic rings. The van der Waals surface area contributed by atoms with Crippen LogP contribution in [0.1, 0.15) is 66.6 Å². The fourth-order valence-corrected chi connectivity index (χ4v) is 5.76. The van der Waals surface area contributed by atoms with Gasteiger partial charge in [0.15, 0.2) is 0 Å². The molecule has 1 N–H and O–H groups in total. The zero-order valence-corrected chi connectivity index (χ0v) is 19.9. The van der Waals surface area contributed by atoms with Crippen LogP contribution in [0.2, 0.25) is 0 Å². The van der Waals surface area contributed by atoms with Crippen molar-refractivity contribution in [3.63, 3.8) is 0 Å². The van der Waals surface area contributed by atoms with E-state index in [-0.39, 0.29) is 0 Å². The molecular weight excluding hydrogens is 396 g/mol. The third kappa shape index (κ3) is 3.84. The summed E-state index contributed by atoms with van der Waals surface area (Å²) in [6.45, 7) is 11.6. The summed E-state index contributed by atoms with van der Waals surface area (Å²) in [5, 5.41) is 12.4. The van der Waals surface area contributed by atoms with E-state index >= 15 is 0 Å². The quantitative estimate of drug-likeness (QED) is 0.558. The van der Waals surface area contributed by atoms with Crippen LogP contribution in [0.25, 0.3) is 10.9 Å². The van der Waals surface area contributed by atoms with Crippen LogP contribution in [0.15, 0.2) is 36.4 Å². The van der Waals surface area contributed by atoms with Crippen LogP contribution in [0, 0.1) is 13.8 Å². The Morgan fingerprint density at radius 3 is 2.66 bits per heavy atom. The third-order valence-electron chi connectivity index (χ3n) is 7.31. The zero-order valence-electron chi connectivity index (χ0n) is 19.9. The van der Waals surface area contributed by atoms with Gasteiger partial charge in [0.05, 0.1) is 6.04 Å². The molecule has 0 bridgehead atoms. The van der Waals surface area contributed by atoms with Gasteiger partial charge >= 0.3 is 0 Å². The average molecular weight is 433 g/mol. The number of aromatic nitrogens is 1. The minimum absolute atomic E-state index is 0.335. The normalized spacial score (nSPS) is 19.4. The molecule has 0 fully saturated rings. The lowest BCUT2D eigenvalue weighted by atomic mass is 9.89. The van der Waals surface area contributed by atoms with Gasteiger partial charge in [-0.15, -0.1) is 0 Å². The smallest absolute Gasteiger partial charge is 0.123 e. The van der Waals surface area contributed by atoms with Crippen LogP contribution in [0.4, 0.5) is 0 Å². The molecule has 0 saturated heterocycles. The highest BCUT2D eigenvalue weighted by Gasteiger charge is 2.35. The molecule has 1 aliphatic heterocycles. The molecule has 4 nitrogen and oxygen atoms in total. The van der Waals surface area contributed by atoms with Crippen molar-refractivity contribution in [3.8, 4) is 5.75 Å². The van der Waals surface area contributed by atoms with Gasteiger partial charge in [-0.3, -0.25) is 4.90 Å². The second-order valence-electron chi connectivity index (χ2n) is 10.1. The second-order valence-corrected chi connectivity index (χ2v) is 10.1. The zero-order chi connectivity index (χ0) is 22.4. The first-order valence-corrected chi connectivity index (χ1v) is 12.2. The first kappa shape index (κ1) is 21.5. The van der Waals surface area contributed by atoms with E-state index in [1.165, 1.54) is 58.1 Å². The van der Waals surface area contributed by atoms with Crippen LogP contribution in [-0.2, 0) is 13.0 Å². The van der Waals surface area contributed by atoms with Crippen molar-refractivity contribution in [1.29, 1.82) is 0 Å². The van der Waals surface area contributed by atoms with Gasteiger partial charge in [0.2, 0.25) is 0 Å². The first-order chi connectivity index (χ1) is 15.4. The van der Waals surface area contributed by atoms with Gasteiger partial charge in [0, 0.05) is 36.2 Å². The van der Waals surface area contributed by atoms with Gasteiger partial charge in [-0.05, 0) is 73.9 Å². The topological polar surface area (TPSA) is 37.6 Å². The van der Waals surface area contributed by atoms with Crippen molar-refractivity contribution >= 4 is 10.9 Å². The number of hydrogen-bond donors (Lipinski definition) is 1. The van der Waals surface area contributed by atoms with E-state index in [0.717, 1.165) is 18.8 Å². The van der Waals surface area contributed by atoms with Crippen LogP contribution in [0.5, 0.6) is 5.75 Å². The summed E-state index contributed by atoms with van der Waals surface area (Å²) in [7, 11) is 0. The van der Waals surface area contributed by atoms with Gasteiger partial charge < -0.3 is 14.4 Å². The molecule has 170 valence electrons. The molecule has 1 aromatic heterocycles. The number of aliphatic hydroxyl groups is 1. The number of rotatable bonds is 6. The van der Waals surface area contributed by atoms with Crippen molar-refractivity contribution in [2.24, 2.45) is 0 Å². The van der Waals surface area contributed by atoms with Crippen LogP contribution in [-0.4, -0.2) is 40.4 Å². The van der Waals surface area contributed by atoms with Gasteiger partial charge in [0.25, 0.3) is 0 Å². The number of hydrogen-bond acceptors (Lipinski definition) is 3. The van der Waals surface area contributed by atoms with E-state index in [0.29, 0.717) is 25.1 Å². The molecule has 32 heavy (non-hydrogen) atoms. The number of benzene rings is 2. The Labute approximate surface area is 191 Å². The van der Waals surface area contributed by atoms with Gasteiger partial charge in [-0.25, -0.2) is 0 Å². The maximum atomic E-state index is 10.9. The summed E-state index contributed by atoms with van der Waals surface area (Å²) >= 11 is 0. The van der Waals surface area contributed by atoms with Crippen molar-refractivity contribution in [2.75, 3.05) is 19.7 Å². The molecule has 2 aromatic carbocycles. The molecule has 4 heteroatoms. The summed E-state index contributed by atoms with van der Waals surface area (Å²) < 4.78 is 8.69. The highest BCUT2D eigenvalue weighted by molar-refractivity contribution is 5.87. The van der Waals surface area contributed by atoms with Gasteiger partial charge in [-0.2, -0.15) is 0 Å². The Morgan fingerprint density at radius 1 is 1.06 bits per heavy atom. The van der Waals surface area contributed by atoms with Gasteiger partial charge in [-0.1, -0.05) is 37.6 Å². The molecule has 0 saturated carbocycles. The molecular formula is C28H36N2O2. The van der Waals surface area contributed by atoms with Crippen LogP contribution >= 0.6 is 0 Å². The molecule has 5 rings (SSSR count). The van der Waals surface area contributed by atoms with Gasteiger partial charge in [0.1, 0.15) is 18.5 Å². The Kier molecular flexibility index (Phi) is 5.77. The van der Waals surface area contributed by atoms with Crippen molar-refractivity contribution in [3.05, 3.63) is 64.3 Å². The monoisotopic (exact) mass is 432 g/mol. The van der Waals surface area contributed by atoms with Crippen molar-refractivity contribution in [2.45, 2.75) is 71.6 Å². The Balaban J connectivity index is 1.33. The first-order valence-electron chi connectivity index (χ1n) is 12.2. The van der Waals surface area contributed by atoms with Crippen LogP contribution < -0.4 is 4.74 Å². The number of β-amino-alcohol motifs (C(OH)–C–C–N with tert-alkyl or cyclic N) is 1. The Morgan fingerprint density at radius 2 is 1.84 bits per heavy atom. The number of aryl methyl sites for hydroxylation is 3. The number of aliphatic hydroxyl groups excluding tert-OH is 1. The molecule has 0 radical (unpaired) electrons. The number of nitrogens with zero attached hydrogens (tertiary/aromatic N) is 2. The lowest BCUT2D eigenvalue weighted by molar-refractivity contribution is 0.0372. The largest absolute Gasteiger partial charge is 0.491 e. The lowest BCUT2D eigenvalue weighted by Gasteiger charge is -2.40. The fourth-order valence-electron chi connectivity index (χ4n) is 5.76. The summed E-state index contributed by atoms with van der Waals surface area (Å²) in [6, 6.07) is 13.7. The highest BCUT2D eigenvalue weighted by atomic mass is 16.5. The van der Waals surface area contributed by atoms with E-state index < -0.39 is 6.10 Å². The summed E-state index contributed by atoms with van der Waals surface area (Å²) in [5.41, 5.74) is 8.15. The van der Waals surface area contributed by atoms with E-state index in [1.807, 2.05) is 0 Å². The van der Waals surface area contributed by atoms with E-state index in [2.05, 4.69) is 73.6 Å². The number of ether oxygens (including phenoxy) is 1. The maximum absolute atomic E-state index is 10.9. The second kappa shape index (κ2) is 8.57. The Bertz CT molecular complexity index is 1130. The predicted octanol–water partition coefficient (Wildman–Crippen LogP) is 5.51. The SMILES string of the molecule is Cc1ccc(C(C)C)c(OC[C@@H](O)CN2CCn3c4c(c5cc(C)ccc53)CCC[C@H]42)c1. The standard InChI is InChI=1S/C28H36N2O2/c1-18(2)22-10-8-20(4)15-27(22)32-17-21(31)16-29-12-13-30-25-11-9-19(3)14-24(25)23-6-5-7-26(29)28(23)30/h8-11,14-15,18,21,26,31H,5-7,12-13,16-17H2,1-4H3/t21-,26+/m0/s1. The summed E-state index contributed by atoms with van der Waals surface area (Å²) in [4.78, 5) is 2.50. The molecule has 0 amide bonds. The molecule has 0 unspecified atom stereocenters. The Hall–Kier alpha value is -2.30. The maximum Gasteiger partial charge on any atom is 0.123 e. The molecule has 2 atom stereocenters. The predicted molar refractivity (Wildman–Crippen MR) is 131 cm³/mol.